The fraction of sp³-hybridized carbons (Fsp3) is 0.0556. The molecule has 1 aromatic heterocycles. The molecule has 7 nitrogen and oxygen atoms in total. The molecule has 0 fully saturated rings. The van der Waals surface area contributed by atoms with Gasteiger partial charge in [0.1, 0.15) is 22.8 Å². The summed E-state index contributed by atoms with van der Waals surface area (Å²) in [5.41, 5.74) is 6.03. The van der Waals surface area contributed by atoms with Crippen molar-refractivity contribution < 1.29 is 18.5 Å². The lowest BCUT2D eigenvalue weighted by atomic mass is 10.0. The molecule has 0 aliphatic carbocycles. The first-order chi connectivity index (χ1) is 12.9. The van der Waals surface area contributed by atoms with Crippen molar-refractivity contribution in [3.8, 4) is 11.3 Å². The van der Waals surface area contributed by atoms with Gasteiger partial charge in [-0.05, 0) is 43.3 Å². The van der Waals surface area contributed by atoms with Gasteiger partial charge in [0.15, 0.2) is 0 Å². The van der Waals surface area contributed by atoms with E-state index in [9.17, 15) is 14.0 Å². The number of anilines is 2. The zero-order valence-corrected chi connectivity index (χ0v) is 14.8. The number of amides is 3. The Morgan fingerprint density at radius 3 is 2.33 bits per heavy atom. The summed E-state index contributed by atoms with van der Waals surface area (Å²) in [5.74, 6) is -0.945. The number of hydrogen-bond donors (Lipinski definition) is 3. The average molecular weight is 389 g/mol. The summed E-state index contributed by atoms with van der Waals surface area (Å²) in [6, 6.07) is 9.75. The number of rotatable bonds is 4. The van der Waals surface area contributed by atoms with E-state index in [2.05, 4.69) is 15.8 Å². The normalized spacial score (nSPS) is 10.5. The van der Waals surface area contributed by atoms with Crippen molar-refractivity contribution in [3.63, 3.8) is 0 Å². The molecule has 0 aliphatic heterocycles. The molecule has 4 N–H and O–H groups in total. The molecule has 0 unspecified atom stereocenters. The predicted octanol–water partition coefficient (Wildman–Crippen LogP) is 4.19. The van der Waals surface area contributed by atoms with E-state index in [4.69, 9.17) is 21.9 Å². The summed E-state index contributed by atoms with van der Waals surface area (Å²) < 4.78 is 19.3. The van der Waals surface area contributed by atoms with Crippen LogP contribution in [0.4, 0.5) is 20.6 Å². The second-order valence-electron chi connectivity index (χ2n) is 5.58. The number of aryl methyl sites for hydroxylation is 1. The number of benzene rings is 2. The SMILES string of the molecule is Cc1onc(-c2c(F)cccc2Cl)c1C(=O)Nc1ccc(NC(N)=O)cc1. The minimum absolute atomic E-state index is 0.0119. The third-order valence-corrected chi connectivity index (χ3v) is 4.01. The van der Waals surface area contributed by atoms with Gasteiger partial charge in [-0.2, -0.15) is 0 Å². The minimum Gasteiger partial charge on any atom is -0.360 e. The summed E-state index contributed by atoms with van der Waals surface area (Å²) in [7, 11) is 0. The highest BCUT2D eigenvalue weighted by atomic mass is 35.5. The van der Waals surface area contributed by atoms with Crippen molar-refractivity contribution in [2.75, 3.05) is 10.6 Å². The Labute approximate surface area is 158 Å². The summed E-state index contributed by atoms with van der Waals surface area (Å²) in [6.07, 6.45) is 0. The number of nitrogens with zero attached hydrogens (tertiary/aromatic N) is 1. The molecule has 2 aromatic carbocycles. The van der Waals surface area contributed by atoms with E-state index < -0.39 is 17.8 Å². The molecule has 0 bridgehead atoms. The van der Waals surface area contributed by atoms with Crippen LogP contribution < -0.4 is 16.4 Å². The molecule has 0 radical (unpaired) electrons. The first kappa shape index (κ1) is 18.4. The maximum absolute atomic E-state index is 14.2. The van der Waals surface area contributed by atoms with Crippen molar-refractivity contribution in [3.05, 3.63) is 64.6 Å². The van der Waals surface area contributed by atoms with Crippen LogP contribution in [-0.2, 0) is 0 Å². The molecule has 0 atom stereocenters. The Kier molecular flexibility index (Phi) is 5.09. The van der Waals surface area contributed by atoms with Crippen molar-refractivity contribution in [1.82, 2.24) is 5.16 Å². The zero-order chi connectivity index (χ0) is 19.6. The van der Waals surface area contributed by atoms with Gasteiger partial charge in [0, 0.05) is 11.4 Å². The second-order valence-corrected chi connectivity index (χ2v) is 5.99. The van der Waals surface area contributed by atoms with Crippen LogP contribution in [0.1, 0.15) is 16.1 Å². The van der Waals surface area contributed by atoms with Gasteiger partial charge < -0.3 is 20.9 Å². The molecule has 0 aliphatic rings. The zero-order valence-electron chi connectivity index (χ0n) is 14.0. The largest absolute Gasteiger partial charge is 0.360 e. The van der Waals surface area contributed by atoms with Gasteiger partial charge in [-0.1, -0.05) is 22.8 Å². The van der Waals surface area contributed by atoms with Crippen LogP contribution >= 0.6 is 11.6 Å². The average Bonchev–Trinajstić information content (AvgIpc) is 2.97. The van der Waals surface area contributed by atoms with E-state index in [1.807, 2.05) is 0 Å². The molecule has 138 valence electrons. The van der Waals surface area contributed by atoms with Crippen molar-refractivity contribution in [2.24, 2.45) is 5.73 Å². The summed E-state index contributed by atoms with van der Waals surface area (Å²) in [5, 5.41) is 8.98. The van der Waals surface area contributed by atoms with E-state index in [1.165, 1.54) is 18.2 Å². The quantitative estimate of drug-likeness (QED) is 0.622. The topological polar surface area (TPSA) is 110 Å². The molecular weight excluding hydrogens is 375 g/mol. The van der Waals surface area contributed by atoms with Crippen LogP contribution in [0.15, 0.2) is 47.0 Å². The fourth-order valence-electron chi connectivity index (χ4n) is 2.51. The van der Waals surface area contributed by atoms with Crippen molar-refractivity contribution in [2.45, 2.75) is 6.92 Å². The standard InChI is InChI=1S/C18H14ClFN4O3/c1-9-14(16(24-27-9)15-12(19)3-2-4-13(15)20)17(25)22-10-5-7-11(8-6-10)23-18(21)26/h2-8H,1H3,(H,22,25)(H3,21,23,26). The highest BCUT2D eigenvalue weighted by molar-refractivity contribution is 6.33. The van der Waals surface area contributed by atoms with Gasteiger partial charge in [0.2, 0.25) is 0 Å². The molecule has 0 saturated heterocycles. The molecule has 3 aromatic rings. The molecule has 3 rings (SSSR count). The van der Waals surface area contributed by atoms with Gasteiger partial charge in [0.05, 0.1) is 10.6 Å². The third-order valence-electron chi connectivity index (χ3n) is 3.70. The smallest absolute Gasteiger partial charge is 0.316 e. The molecular formula is C18H14ClFN4O3. The number of carbonyl (C=O) groups is 2. The first-order valence-corrected chi connectivity index (χ1v) is 8.13. The minimum atomic E-state index is -0.696. The van der Waals surface area contributed by atoms with Crippen LogP contribution in [0.5, 0.6) is 0 Å². The van der Waals surface area contributed by atoms with E-state index in [-0.39, 0.29) is 27.6 Å². The van der Waals surface area contributed by atoms with E-state index in [1.54, 1.807) is 31.2 Å². The summed E-state index contributed by atoms with van der Waals surface area (Å²) in [4.78, 5) is 23.5. The van der Waals surface area contributed by atoms with Gasteiger partial charge in [-0.25, -0.2) is 9.18 Å². The number of hydrogen-bond acceptors (Lipinski definition) is 4. The Hall–Kier alpha value is -3.39. The number of aromatic nitrogens is 1. The maximum atomic E-state index is 14.2. The lowest BCUT2D eigenvalue weighted by Gasteiger charge is -2.08. The number of urea groups is 1. The molecule has 0 saturated carbocycles. The molecule has 3 amide bonds. The van der Waals surface area contributed by atoms with Gasteiger partial charge >= 0.3 is 6.03 Å². The molecule has 0 spiro atoms. The Morgan fingerprint density at radius 1 is 1.11 bits per heavy atom. The number of nitrogens with one attached hydrogen (secondary N) is 2. The number of carbonyl (C=O) groups excluding carboxylic acids is 2. The van der Waals surface area contributed by atoms with E-state index in [0.717, 1.165) is 0 Å². The Bertz CT molecular complexity index is 998. The van der Waals surface area contributed by atoms with Crippen molar-refractivity contribution >= 4 is 34.9 Å². The Morgan fingerprint density at radius 2 is 1.74 bits per heavy atom. The van der Waals surface area contributed by atoms with Gasteiger partial charge in [-0.3, -0.25) is 4.79 Å². The number of primary amides is 1. The predicted molar refractivity (Wildman–Crippen MR) is 99.2 cm³/mol. The van der Waals surface area contributed by atoms with Gasteiger partial charge in [0.25, 0.3) is 5.91 Å². The maximum Gasteiger partial charge on any atom is 0.316 e. The highest BCUT2D eigenvalue weighted by Crippen LogP contribution is 2.33. The number of nitrogens with two attached hydrogens (primary N) is 1. The van der Waals surface area contributed by atoms with Crippen LogP contribution in [0.25, 0.3) is 11.3 Å². The lowest BCUT2D eigenvalue weighted by molar-refractivity contribution is 0.102. The number of halogens is 2. The van der Waals surface area contributed by atoms with Crippen LogP contribution in [0, 0.1) is 12.7 Å². The molecule has 9 heteroatoms. The van der Waals surface area contributed by atoms with Gasteiger partial charge in [-0.15, -0.1) is 0 Å². The summed E-state index contributed by atoms with van der Waals surface area (Å²) in [6.45, 7) is 1.54. The van der Waals surface area contributed by atoms with E-state index >= 15 is 0 Å². The second kappa shape index (κ2) is 7.46. The highest BCUT2D eigenvalue weighted by Gasteiger charge is 2.25. The van der Waals surface area contributed by atoms with Crippen LogP contribution in [-0.4, -0.2) is 17.1 Å². The Balaban J connectivity index is 1.90. The van der Waals surface area contributed by atoms with Crippen LogP contribution in [0.3, 0.4) is 0 Å². The first-order valence-electron chi connectivity index (χ1n) is 7.75. The van der Waals surface area contributed by atoms with E-state index in [0.29, 0.717) is 11.4 Å². The molecule has 1 heterocycles. The molecule has 27 heavy (non-hydrogen) atoms. The van der Waals surface area contributed by atoms with Crippen molar-refractivity contribution in [1.29, 1.82) is 0 Å². The van der Waals surface area contributed by atoms with Crippen LogP contribution in [0.2, 0.25) is 5.02 Å². The summed E-state index contributed by atoms with van der Waals surface area (Å²) >= 11 is 6.07. The fourth-order valence-corrected chi connectivity index (χ4v) is 2.76. The monoisotopic (exact) mass is 388 g/mol. The lowest BCUT2D eigenvalue weighted by Crippen LogP contribution is -2.19. The third kappa shape index (κ3) is 3.90.